The Bertz CT molecular complexity index is 3940. The van der Waals surface area contributed by atoms with E-state index in [-0.39, 0.29) is 0 Å². The molecular formula is C62H39N5S. The van der Waals surface area contributed by atoms with Crippen molar-refractivity contribution in [2.24, 2.45) is 0 Å². The standard InChI is InChI=1S/C62H39N5S/c1-6-19-40(20-7-1)47-34-33-44(37-52(47)41-21-8-2-9-22-41)45-38-53(62-65-60(42-23-10-3-11-24-42)64-61(66-62)43-25-12-4-13-26-43)57(63-39-45)51-31-18-30-50-56-55(68-59(50)51)36-35-49-48-29-16-17-32-54(48)67(58(49)56)46-27-14-5-15-28-46/h1-39H. The molecule has 0 aliphatic rings. The highest BCUT2D eigenvalue weighted by Crippen LogP contribution is 2.47. The first-order chi connectivity index (χ1) is 33.7. The van der Waals surface area contributed by atoms with Crippen LogP contribution in [-0.2, 0) is 0 Å². The average molecular weight is 886 g/mol. The molecule has 9 aromatic carbocycles. The zero-order chi connectivity index (χ0) is 45.0. The van der Waals surface area contributed by atoms with Crippen LogP contribution in [0.5, 0.6) is 0 Å². The van der Waals surface area contributed by atoms with Crippen molar-refractivity contribution in [1.82, 2.24) is 24.5 Å². The molecule has 0 aliphatic heterocycles. The van der Waals surface area contributed by atoms with Crippen LogP contribution >= 0.6 is 11.3 Å². The molecule has 0 bridgehead atoms. The number of aromatic nitrogens is 5. The molecule has 68 heavy (non-hydrogen) atoms. The number of hydrogen-bond donors (Lipinski definition) is 0. The highest BCUT2D eigenvalue weighted by Gasteiger charge is 2.23. The lowest BCUT2D eigenvalue weighted by Gasteiger charge is -2.16. The van der Waals surface area contributed by atoms with E-state index in [0.29, 0.717) is 17.5 Å². The average Bonchev–Trinajstić information content (AvgIpc) is 3.98. The molecule has 0 amide bonds. The van der Waals surface area contributed by atoms with E-state index in [1.165, 1.54) is 42.8 Å². The van der Waals surface area contributed by atoms with Gasteiger partial charge in [-0.25, -0.2) is 15.0 Å². The Morgan fingerprint density at radius 3 is 1.59 bits per heavy atom. The minimum atomic E-state index is 0.552. The van der Waals surface area contributed by atoms with Crippen LogP contribution < -0.4 is 0 Å². The molecule has 5 nitrogen and oxygen atoms in total. The summed E-state index contributed by atoms with van der Waals surface area (Å²) in [6.45, 7) is 0. The van der Waals surface area contributed by atoms with Crippen LogP contribution in [0.2, 0.25) is 0 Å². The molecule has 0 radical (unpaired) electrons. The lowest BCUT2D eigenvalue weighted by molar-refractivity contribution is 1.07. The van der Waals surface area contributed by atoms with Crippen molar-refractivity contribution in [3.8, 4) is 84.5 Å². The molecule has 0 N–H and O–H groups in total. The third-order valence-corrected chi connectivity index (χ3v) is 14.1. The smallest absolute Gasteiger partial charge is 0.166 e. The van der Waals surface area contributed by atoms with Crippen LogP contribution in [0, 0.1) is 0 Å². The van der Waals surface area contributed by atoms with Gasteiger partial charge in [0.05, 0.1) is 16.7 Å². The van der Waals surface area contributed by atoms with E-state index in [0.717, 1.165) is 66.2 Å². The van der Waals surface area contributed by atoms with Gasteiger partial charge in [-0.2, -0.15) is 0 Å². The lowest BCUT2D eigenvalue weighted by Crippen LogP contribution is -2.02. The van der Waals surface area contributed by atoms with Gasteiger partial charge in [0.15, 0.2) is 17.5 Å². The monoisotopic (exact) mass is 885 g/mol. The number of fused-ring (bicyclic) bond motifs is 7. The second-order valence-electron chi connectivity index (χ2n) is 17.0. The van der Waals surface area contributed by atoms with Crippen LogP contribution in [0.15, 0.2) is 237 Å². The largest absolute Gasteiger partial charge is 0.309 e. The summed E-state index contributed by atoms with van der Waals surface area (Å²) < 4.78 is 4.79. The van der Waals surface area contributed by atoms with Gasteiger partial charge in [0, 0.05) is 70.6 Å². The molecule has 6 heteroatoms. The van der Waals surface area contributed by atoms with Crippen molar-refractivity contribution in [2.75, 3.05) is 0 Å². The van der Waals surface area contributed by atoms with Gasteiger partial charge in [0.1, 0.15) is 0 Å². The number of rotatable bonds is 8. The molecule has 4 heterocycles. The van der Waals surface area contributed by atoms with E-state index in [1.54, 1.807) is 0 Å². The Hall–Kier alpha value is -8.84. The summed E-state index contributed by atoms with van der Waals surface area (Å²) in [6, 6.07) is 81.2. The summed E-state index contributed by atoms with van der Waals surface area (Å²) >= 11 is 1.81. The fourth-order valence-electron chi connectivity index (χ4n) is 9.76. The van der Waals surface area contributed by atoms with Gasteiger partial charge < -0.3 is 4.57 Å². The summed E-state index contributed by atoms with van der Waals surface area (Å²) in [5, 5.41) is 4.87. The van der Waals surface area contributed by atoms with Gasteiger partial charge in [-0.1, -0.05) is 194 Å². The second kappa shape index (κ2) is 16.5. The number of nitrogens with zero attached hydrogens (tertiary/aromatic N) is 5. The van der Waals surface area contributed by atoms with Crippen molar-refractivity contribution in [3.63, 3.8) is 0 Å². The number of hydrogen-bond acceptors (Lipinski definition) is 5. The molecule has 13 rings (SSSR count). The Balaban J connectivity index is 1.08. The fraction of sp³-hybridized carbons (Fsp3) is 0. The zero-order valence-corrected chi connectivity index (χ0v) is 37.5. The Labute approximate surface area is 397 Å². The maximum absolute atomic E-state index is 5.47. The quantitative estimate of drug-likeness (QED) is 0.153. The first-order valence-electron chi connectivity index (χ1n) is 22.8. The van der Waals surface area contributed by atoms with Crippen LogP contribution in [0.4, 0.5) is 0 Å². The molecule has 4 aromatic heterocycles. The highest BCUT2D eigenvalue weighted by atomic mass is 32.1. The molecule has 0 unspecified atom stereocenters. The summed E-state index contributed by atoms with van der Waals surface area (Å²) in [6.07, 6.45) is 2.01. The molecule has 13 aromatic rings. The topological polar surface area (TPSA) is 56.5 Å². The lowest BCUT2D eigenvalue weighted by atomic mass is 9.91. The van der Waals surface area contributed by atoms with E-state index < -0.39 is 0 Å². The minimum absolute atomic E-state index is 0.552. The van der Waals surface area contributed by atoms with Crippen molar-refractivity contribution < 1.29 is 0 Å². The van der Waals surface area contributed by atoms with E-state index in [4.69, 9.17) is 19.9 Å². The number of para-hydroxylation sites is 2. The first kappa shape index (κ1) is 39.5. The molecule has 0 atom stereocenters. The van der Waals surface area contributed by atoms with E-state index >= 15 is 0 Å². The Morgan fingerprint density at radius 2 is 0.912 bits per heavy atom. The molecule has 318 valence electrons. The SMILES string of the molecule is c1ccc(-c2nc(-c3ccccc3)nc(-c3cc(-c4ccc(-c5ccccc5)c(-c5ccccc5)c4)cnc3-c3cccc4c3sc3ccc5c6ccccc6n(-c6ccccc6)c5c34)n2)cc1. The van der Waals surface area contributed by atoms with Crippen LogP contribution in [0.1, 0.15) is 0 Å². The van der Waals surface area contributed by atoms with E-state index in [1.807, 2.05) is 53.9 Å². The molecule has 0 aliphatic carbocycles. The number of thiophene rings is 1. The predicted octanol–water partition coefficient (Wildman–Crippen LogP) is 16.4. The van der Waals surface area contributed by atoms with Gasteiger partial charge in [-0.3, -0.25) is 4.98 Å². The van der Waals surface area contributed by atoms with Gasteiger partial charge in [0.25, 0.3) is 0 Å². The summed E-state index contributed by atoms with van der Waals surface area (Å²) in [7, 11) is 0. The number of pyridine rings is 1. The van der Waals surface area contributed by atoms with E-state index in [9.17, 15) is 0 Å². The third-order valence-electron chi connectivity index (χ3n) is 12.9. The molecule has 0 fully saturated rings. The van der Waals surface area contributed by atoms with Gasteiger partial charge in [0.2, 0.25) is 0 Å². The summed E-state index contributed by atoms with van der Waals surface area (Å²) in [5.74, 6) is 1.75. The normalized spacial score (nSPS) is 11.5. The molecule has 0 saturated heterocycles. The zero-order valence-electron chi connectivity index (χ0n) is 36.7. The number of benzene rings is 9. The minimum Gasteiger partial charge on any atom is -0.309 e. The van der Waals surface area contributed by atoms with Gasteiger partial charge in [-0.05, 0) is 64.2 Å². The van der Waals surface area contributed by atoms with Crippen molar-refractivity contribution in [1.29, 1.82) is 0 Å². The predicted molar refractivity (Wildman–Crippen MR) is 283 cm³/mol. The van der Waals surface area contributed by atoms with Crippen molar-refractivity contribution in [3.05, 3.63) is 237 Å². The van der Waals surface area contributed by atoms with Gasteiger partial charge in [-0.15, -0.1) is 11.3 Å². The van der Waals surface area contributed by atoms with Crippen molar-refractivity contribution >= 4 is 53.3 Å². The van der Waals surface area contributed by atoms with Crippen molar-refractivity contribution in [2.45, 2.75) is 0 Å². The first-order valence-corrected chi connectivity index (χ1v) is 23.6. The van der Waals surface area contributed by atoms with Crippen LogP contribution in [0.25, 0.3) is 126 Å². The van der Waals surface area contributed by atoms with Gasteiger partial charge >= 0.3 is 0 Å². The third kappa shape index (κ3) is 6.77. The summed E-state index contributed by atoms with van der Waals surface area (Å²) in [4.78, 5) is 21.2. The Kier molecular flexibility index (Phi) is 9.62. The Morgan fingerprint density at radius 1 is 0.353 bits per heavy atom. The highest BCUT2D eigenvalue weighted by molar-refractivity contribution is 7.26. The van der Waals surface area contributed by atoms with Crippen LogP contribution in [-0.4, -0.2) is 24.5 Å². The maximum atomic E-state index is 5.47. The molecule has 0 spiro atoms. The summed E-state index contributed by atoms with van der Waals surface area (Å²) in [5.41, 5.74) is 14.6. The molecule has 0 saturated carbocycles. The second-order valence-corrected chi connectivity index (χ2v) is 18.0. The van der Waals surface area contributed by atoms with E-state index in [2.05, 4.69) is 199 Å². The molecular weight excluding hydrogens is 847 g/mol. The maximum Gasteiger partial charge on any atom is 0.166 e. The van der Waals surface area contributed by atoms with Crippen LogP contribution in [0.3, 0.4) is 0 Å². The fourth-order valence-corrected chi connectivity index (χ4v) is 11.0.